The van der Waals surface area contributed by atoms with Gasteiger partial charge in [-0.2, -0.15) is 0 Å². The third-order valence-corrected chi connectivity index (χ3v) is 5.27. The van der Waals surface area contributed by atoms with Crippen molar-refractivity contribution in [1.82, 2.24) is 4.90 Å². The molecule has 0 spiro atoms. The van der Waals surface area contributed by atoms with E-state index in [2.05, 4.69) is 4.74 Å². The number of amides is 1. The molecule has 32 heavy (non-hydrogen) atoms. The number of nitrogens with zero attached hydrogens (tertiary/aromatic N) is 1. The number of carbonyl (C=O) groups is 2. The number of ether oxygens (including phenoxy) is 3. The number of allylic oxidation sites excluding steroid dienone is 2. The van der Waals surface area contributed by atoms with E-state index in [1.807, 2.05) is 0 Å². The van der Waals surface area contributed by atoms with Crippen LogP contribution in [0.5, 0.6) is 11.5 Å². The molecule has 0 radical (unpaired) electrons. The number of halogens is 3. The quantitative estimate of drug-likeness (QED) is 0.608. The zero-order valence-electron chi connectivity index (χ0n) is 17.3. The van der Waals surface area contributed by atoms with Gasteiger partial charge in [-0.1, -0.05) is 12.1 Å². The van der Waals surface area contributed by atoms with Crippen molar-refractivity contribution in [3.05, 3.63) is 47.7 Å². The molecule has 1 aromatic carbocycles. The number of rotatable bonds is 8. The number of hydrogen-bond donors (Lipinski definition) is 1. The Morgan fingerprint density at radius 2 is 1.88 bits per heavy atom. The lowest BCUT2D eigenvalue weighted by Crippen LogP contribution is -2.41. The summed E-state index contributed by atoms with van der Waals surface area (Å²) in [7, 11) is 0. The molecule has 2 aliphatic rings. The van der Waals surface area contributed by atoms with Crippen LogP contribution in [0.3, 0.4) is 0 Å². The lowest BCUT2D eigenvalue weighted by Gasteiger charge is -2.33. The van der Waals surface area contributed by atoms with Gasteiger partial charge in [0.05, 0.1) is 12.6 Å². The predicted molar refractivity (Wildman–Crippen MR) is 109 cm³/mol. The van der Waals surface area contributed by atoms with Crippen molar-refractivity contribution in [3.8, 4) is 11.5 Å². The minimum absolute atomic E-state index is 0.0775. The molecule has 1 fully saturated rings. The van der Waals surface area contributed by atoms with Gasteiger partial charge in [-0.05, 0) is 37.0 Å². The summed E-state index contributed by atoms with van der Waals surface area (Å²) in [6.45, 7) is 1.36. The highest BCUT2D eigenvalue weighted by Gasteiger charge is 2.31. The van der Waals surface area contributed by atoms with Crippen molar-refractivity contribution in [3.63, 3.8) is 0 Å². The molecule has 0 saturated carbocycles. The fourth-order valence-electron chi connectivity index (χ4n) is 3.64. The van der Waals surface area contributed by atoms with Crippen molar-refractivity contribution in [2.75, 3.05) is 26.3 Å². The van der Waals surface area contributed by atoms with Crippen LogP contribution in [-0.2, 0) is 14.3 Å². The van der Waals surface area contributed by atoms with Crippen molar-refractivity contribution in [1.29, 1.82) is 0 Å². The average molecular weight is 454 g/mol. The van der Waals surface area contributed by atoms with Gasteiger partial charge in [0.1, 0.15) is 23.9 Å². The molecule has 1 aliphatic heterocycles. The number of piperidine rings is 1. The second-order valence-electron chi connectivity index (χ2n) is 7.62. The molecule has 1 saturated heterocycles. The molecule has 1 unspecified atom stereocenters. The smallest absolute Gasteiger partial charge is 0.493 e. The summed E-state index contributed by atoms with van der Waals surface area (Å²) in [5.74, 6) is 0.544. The lowest BCUT2D eigenvalue weighted by molar-refractivity contribution is -0.274. The monoisotopic (exact) mass is 454 g/mol. The lowest BCUT2D eigenvalue weighted by atomic mass is 9.94. The van der Waals surface area contributed by atoms with E-state index < -0.39 is 12.4 Å². The Kier molecular flexibility index (Phi) is 7.79. The highest BCUT2D eigenvalue weighted by molar-refractivity contribution is 5.94. The summed E-state index contributed by atoms with van der Waals surface area (Å²) < 4.78 is 51.8. The van der Waals surface area contributed by atoms with Crippen LogP contribution >= 0.6 is 0 Å². The number of likely N-dealkylation sites (tertiary alicyclic amines) is 1. The first kappa shape index (κ1) is 23.6. The molecule has 1 amide bonds. The Bertz CT molecular complexity index is 877. The van der Waals surface area contributed by atoms with E-state index in [0.717, 1.165) is 0 Å². The highest BCUT2D eigenvalue weighted by atomic mass is 19.4. The van der Waals surface area contributed by atoms with E-state index in [0.29, 0.717) is 62.3 Å². The van der Waals surface area contributed by atoms with Gasteiger partial charge < -0.3 is 24.8 Å². The predicted octanol–water partition coefficient (Wildman–Crippen LogP) is 2.96. The maximum Gasteiger partial charge on any atom is 0.573 e. The summed E-state index contributed by atoms with van der Waals surface area (Å²) in [6.07, 6.45) is 0.956. The van der Waals surface area contributed by atoms with Gasteiger partial charge in [-0.15, -0.1) is 13.2 Å². The maximum absolute atomic E-state index is 12.8. The molecule has 3 rings (SSSR count). The number of alkyl halides is 3. The Morgan fingerprint density at radius 1 is 1.16 bits per heavy atom. The Balaban J connectivity index is 1.47. The van der Waals surface area contributed by atoms with E-state index in [1.165, 1.54) is 18.2 Å². The van der Waals surface area contributed by atoms with Gasteiger partial charge in [0, 0.05) is 31.1 Å². The SMILES string of the molecule is NC1CC(C(=O)N2CCC(COc3cccc(OC(F)(F)F)c3)CC2)=CC=C1OCC=O. The molecule has 10 heteroatoms. The Hall–Kier alpha value is -3.01. The van der Waals surface area contributed by atoms with E-state index in [9.17, 15) is 22.8 Å². The number of benzene rings is 1. The summed E-state index contributed by atoms with van der Waals surface area (Å²) in [5.41, 5.74) is 6.62. The average Bonchev–Trinajstić information content (AvgIpc) is 2.76. The molecule has 0 bridgehead atoms. The fourth-order valence-corrected chi connectivity index (χ4v) is 3.64. The number of aldehydes is 1. The minimum atomic E-state index is -4.75. The molecular formula is C22H25F3N2O5. The third-order valence-electron chi connectivity index (χ3n) is 5.27. The number of hydrogen-bond acceptors (Lipinski definition) is 6. The van der Waals surface area contributed by atoms with Crippen LogP contribution in [-0.4, -0.2) is 55.8 Å². The largest absolute Gasteiger partial charge is 0.573 e. The van der Waals surface area contributed by atoms with Crippen LogP contribution < -0.4 is 15.2 Å². The fraction of sp³-hybridized carbons (Fsp3) is 0.455. The molecule has 1 aliphatic carbocycles. The van der Waals surface area contributed by atoms with Gasteiger partial charge in [0.2, 0.25) is 5.91 Å². The molecule has 1 atom stereocenters. The first-order chi connectivity index (χ1) is 15.2. The van der Waals surface area contributed by atoms with E-state index in [1.54, 1.807) is 23.1 Å². The molecule has 7 nitrogen and oxygen atoms in total. The Labute approximate surface area is 183 Å². The molecule has 174 valence electrons. The zero-order valence-corrected chi connectivity index (χ0v) is 17.3. The molecule has 1 aromatic rings. The van der Waals surface area contributed by atoms with Crippen LogP contribution in [0.4, 0.5) is 13.2 Å². The molecule has 2 N–H and O–H groups in total. The van der Waals surface area contributed by atoms with Crippen LogP contribution in [0, 0.1) is 5.92 Å². The topological polar surface area (TPSA) is 91.1 Å². The van der Waals surface area contributed by atoms with E-state index >= 15 is 0 Å². The minimum Gasteiger partial charge on any atom is -0.493 e. The first-order valence-corrected chi connectivity index (χ1v) is 10.3. The number of carbonyl (C=O) groups excluding carboxylic acids is 2. The van der Waals surface area contributed by atoms with Crippen LogP contribution in [0.15, 0.2) is 47.7 Å². The number of nitrogens with two attached hydrogens (primary N) is 1. The molecule has 0 aromatic heterocycles. The van der Waals surface area contributed by atoms with Gasteiger partial charge in [-0.25, -0.2) is 0 Å². The van der Waals surface area contributed by atoms with Crippen molar-refractivity contribution in [2.24, 2.45) is 11.7 Å². The van der Waals surface area contributed by atoms with Crippen LogP contribution in [0.2, 0.25) is 0 Å². The first-order valence-electron chi connectivity index (χ1n) is 10.3. The van der Waals surface area contributed by atoms with Gasteiger partial charge in [0.25, 0.3) is 0 Å². The van der Waals surface area contributed by atoms with Gasteiger partial charge in [0.15, 0.2) is 6.29 Å². The summed E-state index contributed by atoms with van der Waals surface area (Å²) in [5, 5.41) is 0. The van der Waals surface area contributed by atoms with Gasteiger partial charge >= 0.3 is 6.36 Å². The Morgan fingerprint density at radius 3 is 2.53 bits per heavy atom. The summed E-state index contributed by atoms with van der Waals surface area (Å²) in [4.78, 5) is 25.0. The van der Waals surface area contributed by atoms with E-state index in [-0.39, 0.29) is 24.2 Å². The van der Waals surface area contributed by atoms with Crippen molar-refractivity contribution >= 4 is 12.2 Å². The van der Waals surface area contributed by atoms with Crippen LogP contribution in [0.1, 0.15) is 19.3 Å². The van der Waals surface area contributed by atoms with Crippen LogP contribution in [0.25, 0.3) is 0 Å². The molecular weight excluding hydrogens is 429 g/mol. The van der Waals surface area contributed by atoms with Crippen molar-refractivity contribution in [2.45, 2.75) is 31.7 Å². The maximum atomic E-state index is 12.8. The summed E-state index contributed by atoms with van der Waals surface area (Å²) in [6, 6.07) is 4.95. The zero-order chi connectivity index (χ0) is 23.1. The standard InChI is InChI=1S/C22H25F3N2O5/c23-22(24,25)32-18-3-1-2-17(13-18)31-14-15-6-8-27(9-7-15)21(29)16-4-5-20(19(26)12-16)30-11-10-28/h1-5,10,13,15,19H,6-9,11-12,14,26H2. The summed E-state index contributed by atoms with van der Waals surface area (Å²) >= 11 is 0. The second kappa shape index (κ2) is 10.5. The normalized spacial score (nSPS) is 19.6. The van der Waals surface area contributed by atoms with Crippen molar-refractivity contribution < 1.29 is 37.0 Å². The molecule has 1 heterocycles. The highest BCUT2D eigenvalue weighted by Crippen LogP contribution is 2.28. The van der Waals surface area contributed by atoms with E-state index in [4.69, 9.17) is 15.2 Å². The second-order valence-corrected chi connectivity index (χ2v) is 7.62. The van der Waals surface area contributed by atoms with Gasteiger partial charge in [-0.3, -0.25) is 9.59 Å². The third kappa shape index (κ3) is 6.74.